The number of nitrogens with one attached hydrogen (secondary N) is 2. The highest BCUT2D eigenvalue weighted by Crippen LogP contribution is 2.28. The van der Waals surface area contributed by atoms with Crippen molar-refractivity contribution in [2.45, 2.75) is 58.7 Å². The molecule has 206 valence electrons. The number of aromatic hydroxyl groups is 1. The average molecular weight is 526 g/mol. The number of hydrogen-bond acceptors (Lipinski definition) is 6. The van der Waals surface area contributed by atoms with Gasteiger partial charge in [-0.1, -0.05) is 32.1 Å². The number of hydrogen-bond donors (Lipinski definition) is 3. The third-order valence-corrected chi connectivity index (χ3v) is 5.41. The zero-order chi connectivity index (χ0) is 28.5. The quantitative estimate of drug-likeness (QED) is 0.354. The second kappa shape index (κ2) is 13.5. The Hall–Kier alpha value is -4.01. The summed E-state index contributed by atoms with van der Waals surface area (Å²) in [6.45, 7) is 12.8. The van der Waals surface area contributed by atoms with E-state index in [-0.39, 0.29) is 18.2 Å². The molecule has 0 aromatic heterocycles. The number of phenols is 1. The Morgan fingerprint density at radius 1 is 1.11 bits per heavy atom. The van der Waals surface area contributed by atoms with Crippen LogP contribution in [0.25, 0.3) is 0 Å². The van der Waals surface area contributed by atoms with Crippen LogP contribution in [0.1, 0.15) is 52.6 Å². The summed E-state index contributed by atoms with van der Waals surface area (Å²) in [7, 11) is 1.54. The van der Waals surface area contributed by atoms with Crippen LogP contribution in [0, 0.1) is 5.92 Å². The topological polar surface area (TPSA) is 117 Å². The lowest BCUT2D eigenvalue weighted by atomic mass is 9.99. The molecule has 3 N–H and O–H groups in total. The molecule has 0 heterocycles. The number of anilines is 1. The van der Waals surface area contributed by atoms with Crippen LogP contribution in [0.5, 0.6) is 11.5 Å². The van der Waals surface area contributed by atoms with E-state index < -0.39 is 35.6 Å². The predicted octanol–water partition coefficient (Wildman–Crippen LogP) is 5.03. The molecule has 3 amide bonds. The second-order valence-corrected chi connectivity index (χ2v) is 10.3. The Kier molecular flexibility index (Phi) is 10.7. The first-order chi connectivity index (χ1) is 17.8. The summed E-state index contributed by atoms with van der Waals surface area (Å²) in [6.07, 6.45) is 1.10. The molecule has 0 radical (unpaired) electrons. The van der Waals surface area contributed by atoms with E-state index in [1.165, 1.54) is 23.1 Å². The van der Waals surface area contributed by atoms with Gasteiger partial charge in [0, 0.05) is 12.2 Å². The third kappa shape index (κ3) is 9.14. The van der Waals surface area contributed by atoms with Crippen LogP contribution in [0.2, 0.25) is 0 Å². The number of carbonyl (C=O) groups is 3. The molecule has 0 bridgehead atoms. The normalized spacial score (nSPS) is 12.7. The van der Waals surface area contributed by atoms with Gasteiger partial charge in [0.15, 0.2) is 0 Å². The van der Waals surface area contributed by atoms with Crippen molar-refractivity contribution in [1.82, 2.24) is 10.2 Å². The fourth-order valence-corrected chi connectivity index (χ4v) is 3.86. The standard InChI is InChI=1S/C29H39N3O6/c1-8-16-32(27(35)24(17-19(2)3)31-28(36)38-29(4,5)6)25(20-10-9-11-22(33)18-20)26(34)30-21-12-14-23(37-7)15-13-21/h8-15,18-19,24-25,33H,1,16-17H2,2-7H3,(H,30,34)(H,31,36). The fourth-order valence-electron chi connectivity index (χ4n) is 3.86. The number of benzene rings is 2. The molecule has 0 aliphatic heterocycles. The minimum absolute atomic E-state index is 0.0137. The van der Waals surface area contributed by atoms with E-state index in [2.05, 4.69) is 17.2 Å². The van der Waals surface area contributed by atoms with E-state index in [1.54, 1.807) is 64.3 Å². The molecule has 2 atom stereocenters. The zero-order valence-electron chi connectivity index (χ0n) is 23.0. The molecule has 2 rings (SSSR count). The van der Waals surface area contributed by atoms with E-state index in [1.807, 2.05) is 13.8 Å². The van der Waals surface area contributed by atoms with Gasteiger partial charge >= 0.3 is 6.09 Å². The molecule has 2 aromatic rings. The molecule has 0 saturated heterocycles. The van der Waals surface area contributed by atoms with Gasteiger partial charge in [-0.15, -0.1) is 6.58 Å². The van der Waals surface area contributed by atoms with Gasteiger partial charge in [0.25, 0.3) is 5.91 Å². The lowest BCUT2D eigenvalue weighted by Gasteiger charge is -2.34. The van der Waals surface area contributed by atoms with Crippen LogP contribution < -0.4 is 15.4 Å². The Bertz CT molecular complexity index is 1110. The smallest absolute Gasteiger partial charge is 0.408 e. The first-order valence-corrected chi connectivity index (χ1v) is 12.5. The number of amides is 3. The molecule has 0 saturated carbocycles. The van der Waals surface area contributed by atoms with Crippen molar-refractivity contribution in [3.63, 3.8) is 0 Å². The lowest BCUT2D eigenvalue weighted by molar-refractivity contribution is -0.140. The van der Waals surface area contributed by atoms with Gasteiger partial charge in [0.2, 0.25) is 5.91 Å². The minimum atomic E-state index is -1.13. The van der Waals surface area contributed by atoms with E-state index in [9.17, 15) is 19.5 Å². The molecular formula is C29H39N3O6. The predicted molar refractivity (Wildman–Crippen MR) is 147 cm³/mol. The molecule has 0 aliphatic rings. The van der Waals surface area contributed by atoms with E-state index in [4.69, 9.17) is 9.47 Å². The van der Waals surface area contributed by atoms with E-state index in [0.717, 1.165) is 0 Å². The largest absolute Gasteiger partial charge is 0.508 e. The maximum Gasteiger partial charge on any atom is 0.408 e. The number of ether oxygens (including phenoxy) is 2. The number of rotatable bonds is 11. The molecule has 2 unspecified atom stereocenters. The molecule has 2 aromatic carbocycles. The molecule has 38 heavy (non-hydrogen) atoms. The second-order valence-electron chi connectivity index (χ2n) is 10.3. The Balaban J connectivity index is 2.48. The Labute approximate surface area is 224 Å². The van der Waals surface area contributed by atoms with Crippen molar-refractivity contribution >= 4 is 23.6 Å². The van der Waals surface area contributed by atoms with Gasteiger partial charge in [0.05, 0.1) is 7.11 Å². The number of carbonyl (C=O) groups excluding carboxylic acids is 3. The molecule has 0 fully saturated rings. The van der Waals surface area contributed by atoms with Crippen LogP contribution >= 0.6 is 0 Å². The maximum atomic E-state index is 14.0. The Morgan fingerprint density at radius 2 is 1.76 bits per heavy atom. The van der Waals surface area contributed by atoms with Crippen LogP contribution in [0.3, 0.4) is 0 Å². The van der Waals surface area contributed by atoms with Crippen molar-refractivity contribution in [3.05, 3.63) is 66.7 Å². The molecule has 0 spiro atoms. The highest BCUT2D eigenvalue weighted by atomic mass is 16.6. The summed E-state index contributed by atoms with van der Waals surface area (Å²) >= 11 is 0. The van der Waals surface area contributed by atoms with Crippen molar-refractivity contribution < 1.29 is 29.0 Å². The molecule has 9 nitrogen and oxygen atoms in total. The third-order valence-electron chi connectivity index (χ3n) is 5.41. The van der Waals surface area contributed by atoms with Gasteiger partial charge in [-0.25, -0.2) is 4.79 Å². The summed E-state index contributed by atoms with van der Waals surface area (Å²) in [4.78, 5) is 41.6. The SMILES string of the molecule is C=CCN(C(=O)C(CC(C)C)NC(=O)OC(C)(C)C)C(C(=O)Nc1ccc(OC)cc1)c1cccc(O)c1. The van der Waals surface area contributed by atoms with Crippen molar-refractivity contribution in [2.24, 2.45) is 5.92 Å². The number of methoxy groups -OCH3 is 1. The molecule has 9 heteroatoms. The van der Waals surface area contributed by atoms with Crippen molar-refractivity contribution in [1.29, 1.82) is 0 Å². The molecular weight excluding hydrogens is 486 g/mol. The van der Waals surface area contributed by atoms with Gasteiger partial charge in [-0.3, -0.25) is 9.59 Å². The lowest BCUT2D eigenvalue weighted by Crippen LogP contribution is -2.52. The van der Waals surface area contributed by atoms with E-state index in [0.29, 0.717) is 23.4 Å². The van der Waals surface area contributed by atoms with Gasteiger partial charge in [-0.2, -0.15) is 0 Å². The van der Waals surface area contributed by atoms with Crippen LogP contribution in [0.4, 0.5) is 10.5 Å². The number of nitrogens with zero attached hydrogens (tertiary/aromatic N) is 1. The van der Waals surface area contributed by atoms with Crippen LogP contribution in [-0.4, -0.2) is 53.2 Å². The molecule has 0 aliphatic carbocycles. The monoisotopic (exact) mass is 525 g/mol. The van der Waals surface area contributed by atoms with Crippen molar-refractivity contribution in [3.8, 4) is 11.5 Å². The summed E-state index contributed by atoms with van der Waals surface area (Å²) in [5.74, 6) is -0.363. The van der Waals surface area contributed by atoms with E-state index >= 15 is 0 Å². The Morgan fingerprint density at radius 3 is 2.29 bits per heavy atom. The highest BCUT2D eigenvalue weighted by molar-refractivity contribution is 5.99. The van der Waals surface area contributed by atoms with Gasteiger partial charge in [0.1, 0.15) is 29.2 Å². The van der Waals surface area contributed by atoms with Gasteiger partial charge < -0.3 is 30.1 Å². The van der Waals surface area contributed by atoms with Crippen molar-refractivity contribution in [2.75, 3.05) is 19.0 Å². The van der Waals surface area contributed by atoms with Crippen LogP contribution in [-0.2, 0) is 14.3 Å². The summed E-state index contributed by atoms with van der Waals surface area (Å²) in [5.41, 5.74) is 0.142. The summed E-state index contributed by atoms with van der Waals surface area (Å²) < 4.78 is 10.6. The average Bonchev–Trinajstić information content (AvgIpc) is 2.82. The fraction of sp³-hybridized carbons (Fsp3) is 0.414. The van der Waals surface area contributed by atoms with Crippen LogP contribution in [0.15, 0.2) is 61.2 Å². The highest BCUT2D eigenvalue weighted by Gasteiger charge is 2.36. The number of phenolic OH excluding ortho intramolecular Hbond substituents is 1. The minimum Gasteiger partial charge on any atom is -0.508 e. The zero-order valence-corrected chi connectivity index (χ0v) is 23.0. The number of alkyl carbamates (subject to hydrolysis) is 1. The van der Waals surface area contributed by atoms with Gasteiger partial charge in [-0.05, 0) is 75.1 Å². The summed E-state index contributed by atoms with van der Waals surface area (Å²) in [5, 5.41) is 15.7. The first-order valence-electron chi connectivity index (χ1n) is 12.5. The summed E-state index contributed by atoms with van der Waals surface area (Å²) in [6, 6.07) is 10.8. The first kappa shape index (κ1) is 30.2. The maximum absolute atomic E-state index is 14.0.